The lowest BCUT2D eigenvalue weighted by Gasteiger charge is -2.21. The van der Waals surface area contributed by atoms with Crippen molar-refractivity contribution in [3.63, 3.8) is 0 Å². The van der Waals surface area contributed by atoms with Crippen LogP contribution in [-0.2, 0) is 37.2 Å². The molecule has 0 bridgehead atoms. The number of hydrogen-bond donors (Lipinski definition) is 0. The summed E-state index contributed by atoms with van der Waals surface area (Å²) in [5, 5.41) is 0. The van der Waals surface area contributed by atoms with Gasteiger partial charge < -0.3 is 9.47 Å². The molecule has 0 saturated carbocycles. The number of carbonyl (C=O) groups is 2. The van der Waals surface area contributed by atoms with Crippen LogP contribution in [0.3, 0.4) is 0 Å². The van der Waals surface area contributed by atoms with Gasteiger partial charge in [0.25, 0.3) is 0 Å². The largest absolute Gasteiger partial charge is 0.475 e. The van der Waals surface area contributed by atoms with Crippen LogP contribution in [0.15, 0.2) is 24.3 Å². The maximum absolute atomic E-state index is 12.5. The second-order valence-corrected chi connectivity index (χ2v) is 7.12. The van der Waals surface area contributed by atoms with Crippen LogP contribution in [0.5, 0.6) is 0 Å². The molecule has 2 unspecified atom stereocenters. The second kappa shape index (κ2) is 11.2. The number of hydrogen-bond acceptors (Lipinski definition) is 8. The van der Waals surface area contributed by atoms with Gasteiger partial charge in [-0.25, -0.2) is 14.2 Å². The summed E-state index contributed by atoms with van der Waals surface area (Å²) >= 11 is 0. The van der Waals surface area contributed by atoms with Gasteiger partial charge in [0.2, 0.25) is 0 Å². The summed E-state index contributed by atoms with van der Waals surface area (Å²) in [5.74, 6) is -1.16. The Labute approximate surface area is 148 Å². The van der Waals surface area contributed by atoms with Crippen LogP contribution in [0.4, 0.5) is 0 Å². The van der Waals surface area contributed by atoms with Crippen LogP contribution < -0.4 is 0 Å². The lowest BCUT2D eigenvalue weighted by atomic mass is 10.3. The normalized spacial score (nSPS) is 15.6. The molecule has 8 nitrogen and oxygen atoms in total. The molecule has 0 aromatic rings. The maximum Gasteiger partial charge on any atom is 0.475 e. The topological polar surface area (TPSA) is 97.4 Å². The van der Waals surface area contributed by atoms with Crippen molar-refractivity contribution in [1.82, 2.24) is 0 Å². The highest BCUT2D eigenvalue weighted by molar-refractivity contribution is 7.48. The minimum Gasteiger partial charge on any atom is -0.457 e. The quantitative estimate of drug-likeness (QED) is 0.290. The molecule has 0 heterocycles. The molecule has 0 saturated heterocycles. The molecule has 0 rings (SSSR count). The average Bonchev–Trinajstić information content (AvgIpc) is 2.51. The van der Waals surface area contributed by atoms with Crippen molar-refractivity contribution in [2.45, 2.75) is 46.8 Å². The van der Waals surface area contributed by atoms with Gasteiger partial charge in [-0.1, -0.05) is 13.2 Å². The van der Waals surface area contributed by atoms with Crippen LogP contribution in [0, 0.1) is 0 Å². The van der Waals surface area contributed by atoms with E-state index >= 15 is 0 Å². The lowest BCUT2D eigenvalue weighted by Crippen LogP contribution is -2.23. The van der Waals surface area contributed by atoms with Crippen molar-refractivity contribution in [3.8, 4) is 0 Å². The Morgan fingerprint density at radius 3 is 1.52 bits per heavy atom. The second-order valence-electron chi connectivity index (χ2n) is 5.45. The molecule has 0 aliphatic carbocycles. The molecule has 0 aromatic carbocycles. The summed E-state index contributed by atoms with van der Waals surface area (Å²) in [4.78, 5) is 22.8. The predicted molar refractivity (Wildman–Crippen MR) is 91.9 cm³/mol. The third kappa shape index (κ3) is 10.2. The fourth-order valence-corrected chi connectivity index (χ4v) is 2.62. The van der Waals surface area contributed by atoms with Crippen LogP contribution in [0.1, 0.15) is 34.6 Å². The number of rotatable bonds is 12. The zero-order valence-corrected chi connectivity index (χ0v) is 16.3. The van der Waals surface area contributed by atoms with Crippen LogP contribution in [0.2, 0.25) is 0 Å². The Hall–Kier alpha value is -1.47. The van der Waals surface area contributed by atoms with Crippen molar-refractivity contribution in [3.05, 3.63) is 24.3 Å². The summed E-state index contributed by atoms with van der Waals surface area (Å²) in [5.41, 5.74) is 0.480. The van der Waals surface area contributed by atoms with Crippen LogP contribution in [-0.4, -0.2) is 44.0 Å². The fourth-order valence-electron chi connectivity index (χ4n) is 1.30. The van der Waals surface area contributed by atoms with Crippen LogP contribution >= 0.6 is 7.82 Å². The molecule has 0 amide bonds. The molecule has 0 aliphatic heterocycles. The Bertz CT molecular complexity index is 500. The maximum atomic E-state index is 12.5. The summed E-state index contributed by atoms with van der Waals surface area (Å²) in [7, 11) is -3.89. The van der Waals surface area contributed by atoms with Gasteiger partial charge in [-0.3, -0.25) is 13.6 Å². The van der Waals surface area contributed by atoms with E-state index in [9.17, 15) is 14.2 Å². The van der Waals surface area contributed by atoms with Crippen molar-refractivity contribution < 1.29 is 37.2 Å². The van der Waals surface area contributed by atoms with Gasteiger partial charge in [0.1, 0.15) is 12.2 Å². The molecule has 0 N–H and O–H groups in total. The third-order valence-corrected chi connectivity index (χ3v) is 4.04. The number of esters is 2. The first kappa shape index (κ1) is 23.5. The van der Waals surface area contributed by atoms with Gasteiger partial charge in [0.05, 0.1) is 19.8 Å². The van der Waals surface area contributed by atoms with E-state index in [1.165, 1.54) is 13.8 Å². The zero-order chi connectivity index (χ0) is 19.6. The van der Waals surface area contributed by atoms with E-state index in [2.05, 4.69) is 13.2 Å². The predicted octanol–water partition coefficient (Wildman–Crippen LogP) is 3.18. The highest BCUT2D eigenvalue weighted by Crippen LogP contribution is 2.49. The Kier molecular flexibility index (Phi) is 10.5. The summed E-state index contributed by atoms with van der Waals surface area (Å²) < 4.78 is 37.9. The number of carbonyl (C=O) groups excluding carboxylic acids is 2. The van der Waals surface area contributed by atoms with Gasteiger partial charge in [-0.15, -0.1) is 0 Å². The molecular formula is C16H27O8P. The van der Waals surface area contributed by atoms with E-state index in [1.807, 2.05) is 0 Å². The van der Waals surface area contributed by atoms with E-state index in [0.29, 0.717) is 0 Å². The third-order valence-electron chi connectivity index (χ3n) is 2.54. The molecule has 0 spiro atoms. The van der Waals surface area contributed by atoms with Crippen molar-refractivity contribution >= 4 is 19.8 Å². The molecule has 0 radical (unpaired) electrons. The van der Waals surface area contributed by atoms with Crippen molar-refractivity contribution in [2.75, 3.05) is 19.8 Å². The number of phosphoric ester groups is 1. The number of ether oxygens (including phenoxy) is 2. The molecule has 2 atom stereocenters. The molecule has 0 aliphatic rings. The van der Waals surface area contributed by atoms with Gasteiger partial charge >= 0.3 is 19.8 Å². The first-order valence-electron chi connectivity index (χ1n) is 7.77. The van der Waals surface area contributed by atoms with E-state index in [4.69, 9.17) is 23.0 Å². The highest BCUT2D eigenvalue weighted by Gasteiger charge is 2.29. The summed E-state index contributed by atoms with van der Waals surface area (Å²) in [6, 6.07) is 0. The molecule has 9 heteroatoms. The van der Waals surface area contributed by atoms with Gasteiger partial charge in [0, 0.05) is 11.1 Å². The zero-order valence-electron chi connectivity index (χ0n) is 15.4. The van der Waals surface area contributed by atoms with Gasteiger partial charge in [-0.05, 0) is 34.6 Å². The lowest BCUT2D eigenvalue weighted by molar-refractivity contribution is -0.145. The molecule has 0 fully saturated rings. The smallest absolute Gasteiger partial charge is 0.457 e. The minimum absolute atomic E-state index is 0.0805. The number of phosphoric acid groups is 1. The fraction of sp³-hybridized carbons (Fsp3) is 0.625. The van der Waals surface area contributed by atoms with Crippen LogP contribution in [0.25, 0.3) is 0 Å². The first-order valence-corrected chi connectivity index (χ1v) is 9.23. The van der Waals surface area contributed by atoms with E-state index in [0.717, 1.165) is 0 Å². The van der Waals surface area contributed by atoms with Crippen molar-refractivity contribution in [2.24, 2.45) is 0 Å². The molecule has 25 heavy (non-hydrogen) atoms. The van der Waals surface area contributed by atoms with Gasteiger partial charge in [-0.2, -0.15) is 0 Å². The Morgan fingerprint density at radius 2 is 1.24 bits per heavy atom. The van der Waals surface area contributed by atoms with E-state index in [-0.39, 0.29) is 31.0 Å². The first-order chi connectivity index (χ1) is 11.5. The summed E-state index contributed by atoms with van der Waals surface area (Å²) in [6.07, 6.45) is -1.36. The SMILES string of the molecule is C=C(C)C(=O)OC(C)COP(=O)(OCC)OCC(C)OC(=O)C(=C)C. The Balaban J connectivity index is 4.55. The monoisotopic (exact) mass is 378 g/mol. The standard InChI is InChI=1S/C16H27O8P/c1-8-20-25(19,21-9-13(6)23-15(17)11(2)3)22-10-14(7)24-16(18)12(4)5/h13-14H,2,4,8-10H2,1,3,5-7H3. The van der Waals surface area contributed by atoms with E-state index < -0.39 is 32.0 Å². The minimum atomic E-state index is -3.89. The van der Waals surface area contributed by atoms with Gasteiger partial charge in [0.15, 0.2) is 0 Å². The molecular weight excluding hydrogens is 351 g/mol. The Morgan fingerprint density at radius 1 is 0.880 bits per heavy atom. The molecule has 144 valence electrons. The van der Waals surface area contributed by atoms with E-state index in [1.54, 1.807) is 20.8 Å². The van der Waals surface area contributed by atoms with Crippen molar-refractivity contribution in [1.29, 1.82) is 0 Å². The highest BCUT2D eigenvalue weighted by atomic mass is 31.2. The summed E-state index contributed by atoms with van der Waals surface area (Å²) in [6.45, 7) is 14.4. The molecule has 0 aromatic heterocycles. The average molecular weight is 378 g/mol.